The number of anilines is 1. The number of carbonyl (C=O) groups is 1. The third kappa shape index (κ3) is 3.87. The summed E-state index contributed by atoms with van der Waals surface area (Å²) >= 11 is 0. The lowest BCUT2D eigenvalue weighted by molar-refractivity contribution is 0.0218. The number of nitrogens with zero attached hydrogens (tertiary/aromatic N) is 7. The third-order valence-electron chi connectivity index (χ3n) is 6.62. The van der Waals surface area contributed by atoms with E-state index in [1.807, 2.05) is 44.5 Å². The van der Waals surface area contributed by atoms with Crippen molar-refractivity contribution in [3.63, 3.8) is 0 Å². The number of nitriles is 1. The monoisotopic (exact) mass is 461 g/mol. The van der Waals surface area contributed by atoms with Crippen LogP contribution in [0.15, 0.2) is 24.7 Å². The first-order chi connectivity index (χ1) is 16.2. The van der Waals surface area contributed by atoms with Gasteiger partial charge in [-0.1, -0.05) is 0 Å². The number of fused-ring (bicyclic) bond motifs is 1. The molecule has 178 valence electrons. The van der Waals surface area contributed by atoms with Gasteiger partial charge >= 0.3 is 6.09 Å². The molecule has 5 rings (SSSR count). The average Bonchev–Trinajstić information content (AvgIpc) is 3.46. The zero-order chi connectivity index (χ0) is 24.2. The highest BCUT2D eigenvalue weighted by molar-refractivity contribution is 5.93. The Bertz CT molecular complexity index is 1290. The summed E-state index contributed by atoms with van der Waals surface area (Å²) in [5.74, 6) is 2.32. The molecule has 1 saturated heterocycles. The lowest BCUT2D eigenvalue weighted by Crippen LogP contribution is -2.54. The summed E-state index contributed by atoms with van der Waals surface area (Å²) in [6, 6.07) is 6.10. The van der Waals surface area contributed by atoms with Gasteiger partial charge in [-0.05, 0) is 64.2 Å². The SMILES string of the molecule is CC1CN(C(=O)OC(C)(C)C)CCN1c1ncnc2c1c(C1CC1)cn2-c1ccc(C#N)n1C. The molecule has 0 N–H and O–H groups in total. The number of amides is 1. The standard InChI is InChI=1S/C25H31N7O2/c1-16-13-30(24(33)34-25(2,3)4)10-11-31(16)22-21-19(17-6-7-17)14-32(23(21)28-15-27-22)20-9-8-18(12-26)29(20)5/h8-9,14-17H,6-7,10-11,13H2,1-5H3. The van der Waals surface area contributed by atoms with E-state index in [2.05, 4.69) is 33.6 Å². The van der Waals surface area contributed by atoms with Crippen LogP contribution in [0.25, 0.3) is 16.9 Å². The van der Waals surface area contributed by atoms with Crippen molar-refractivity contribution < 1.29 is 9.53 Å². The van der Waals surface area contributed by atoms with Gasteiger partial charge in [0.25, 0.3) is 0 Å². The maximum atomic E-state index is 12.6. The normalized spacial score (nSPS) is 18.9. The molecule has 9 nitrogen and oxygen atoms in total. The number of rotatable bonds is 3. The van der Waals surface area contributed by atoms with Crippen LogP contribution in [0.2, 0.25) is 0 Å². The lowest BCUT2D eigenvalue weighted by Gasteiger charge is -2.41. The molecule has 9 heteroatoms. The Kier molecular flexibility index (Phi) is 5.27. The summed E-state index contributed by atoms with van der Waals surface area (Å²) in [4.78, 5) is 26.1. The smallest absolute Gasteiger partial charge is 0.410 e. The fourth-order valence-electron chi connectivity index (χ4n) is 4.79. The Labute approximate surface area is 199 Å². The van der Waals surface area contributed by atoms with Crippen LogP contribution in [0.3, 0.4) is 0 Å². The summed E-state index contributed by atoms with van der Waals surface area (Å²) in [6.45, 7) is 9.60. The Morgan fingerprint density at radius 1 is 1.21 bits per heavy atom. The van der Waals surface area contributed by atoms with Gasteiger partial charge in [0, 0.05) is 38.9 Å². The molecule has 0 radical (unpaired) electrons. The molecule has 2 fully saturated rings. The molecule has 2 aliphatic rings. The van der Waals surface area contributed by atoms with E-state index in [0.717, 1.165) is 35.5 Å². The highest BCUT2D eigenvalue weighted by atomic mass is 16.6. The average molecular weight is 462 g/mol. The van der Waals surface area contributed by atoms with Gasteiger partial charge in [-0.2, -0.15) is 5.26 Å². The Balaban J connectivity index is 1.52. The fourth-order valence-corrected chi connectivity index (χ4v) is 4.79. The first-order valence-corrected chi connectivity index (χ1v) is 11.8. The van der Waals surface area contributed by atoms with Gasteiger partial charge in [-0.15, -0.1) is 0 Å². The first-order valence-electron chi connectivity index (χ1n) is 11.8. The molecule has 1 saturated carbocycles. The molecule has 0 spiro atoms. The highest BCUT2D eigenvalue weighted by Crippen LogP contribution is 2.46. The summed E-state index contributed by atoms with van der Waals surface area (Å²) < 4.78 is 9.55. The van der Waals surface area contributed by atoms with E-state index in [9.17, 15) is 10.1 Å². The summed E-state index contributed by atoms with van der Waals surface area (Å²) in [7, 11) is 1.90. The second kappa shape index (κ2) is 8.05. The van der Waals surface area contributed by atoms with Crippen LogP contribution in [0.1, 0.15) is 57.7 Å². The van der Waals surface area contributed by atoms with Crippen LogP contribution in [-0.2, 0) is 11.8 Å². The van der Waals surface area contributed by atoms with Gasteiger partial charge in [0.1, 0.15) is 35.3 Å². The summed E-state index contributed by atoms with van der Waals surface area (Å²) in [5.41, 5.74) is 2.19. The molecule has 4 heterocycles. The number of aromatic nitrogens is 4. The van der Waals surface area contributed by atoms with Crippen molar-refractivity contribution in [2.24, 2.45) is 7.05 Å². The van der Waals surface area contributed by atoms with Gasteiger partial charge in [0.05, 0.1) is 5.39 Å². The van der Waals surface area contributed by atoms with E-state index in [-0.39, 0.29) is 12.1 Å². The highest BCUT2D eigenvalue weighted by Gasteiger charge is 2.35. The predicted molar refractivity (Wildman–Crippen MR) is 129 cm³/mol. The van der Waals surface area contributed by atoms with Gasteiger partial charge in [0.15, 0.2) is 5.65 Å². The molecule has 3 aromatic heterocycles. The van der Waals surface area contributed by atoms with Gasteiger partial charge in [0.2, 0.25) is 0 Å². The van der Waals surface area contributed by atoms with Crippen LogP contribution in [0.4, 0.5) is 10.6 Å². The Morgan fingerprint density at radius 2 is 1.97 bits per heavy atom. The van der Waals surface area contributed by atoms with E-state index in [0.29, 0.717) is 31.2 Å². The van der Waals surface area contributed by atoms with Crippen molar-refractivity contribution >= 4 is 22.9 Å². The van der Waals surface area contributed by atoms with Gasteiger partial charge in [-0.3, -0.25) is 4.57 Å². The summed E-state index contributed by atoms with van der Waals surface area (Å²) in [5, 5.41) is 10.5. The number of carbonyl (C=O) groups excluding carboxylic acids is 1. The predicted octanol–water partition coefficient (Wildman–Crippen LogP) is 3.95. The van der Waals surface area contributed by atoms with Crippen LogP contribution in [0, 0.1) is 11.3 Å². The molecule has 1 aliphatic carbocycles. The van der Waals surface area contributed by atoms with Crippen molar-refractivity contribution in [1.82, 2.24) is 24.0 Å². The quantitative estimate of drug-likeness (QED) is 0.586. The van der Waals surface area contributed by atoms with E-state index in [4.69, 9.17) is 9.72 Å². The zero-order valence-electron chi connectivity index (χ0n) is 20.4. The van der Waals surface area contributed by atoms with Crippen molar-refractivity contribution in [1.29, 1.82) is 5.26 Å². The number of hydrogen-bond donors (Lipinski definition) is 0. The number of ether oxygens (including phenoxy) is 1. The molecule has 1 unspecified atom stereocenters. The topological polar surface area (TPSA) is 92.2 Å². The Hall–Kier alpha value is -3.54. The molecular formula is C25H31N7O2. The van der Waals surface area contributed by atoms with E-state index in [1.54, 1.807) is 11.2 Å². The third-order valence-corrected chi connectivity index (χ3v) is 6.62. The molecule has 1 amide bonds. The lowest BCUT2D eigenvalue weighted by atomic mass is 10.1. The van der Waals surface area contributed by atoms with Gasteiger partial charge < -0.3 is 19.1 Å². The second-order valence-corrected chi connectivity index (χ2v) is 10.3. The van der Waals surface area contributed by atoms with Crippen molar-refractivity contribution in [2.75, 3.05) is 24.5 Å². The molecule has 3 aromatic rings. The van der Waals surface area contributed by atoms with Crippen molar-refractivity contribution in [3.05, 3.63) is 35.9 Å². The van der Waals surface area contributed by atoms with Crippen LogP contribution in [-0.4, -0.2) is 61.4 Å². The molecule has 0 bridgehead atoms. The number of piperazine rings is 1. The minimum atomic E-state index is -0.513. The van der Waals surface area contributed by atoms with E-state index >= 15 is 0 Å². The Morgan fingerprint density at radius 3 is 2.59 bits per heavy atom. The van der Waals surface area contributed by atoms with Crippen molar-refractivity contribution in [3.8, 4) is 11.9 Å². The molecule has 1 atom stereocenters. The largest absolute Gasteiger partial charge is 0.444 e. The molecule has 1 aliphatic heterocycles. The van der Waals surface area contributed by atoms with Crippen LogP contribution < -0.4 is 4.90 Å². The maximum Gasteiger partial charge on any atom is 0.410 e. The minimum Gasteiger partial charge on any atom is -0.444 e. The van der Waals surface area contributed by atoms with Crippen LogP contribution in [0.5, 0.6) is 0 Å². The summed E-state index contributed by atoms with van der Waals surface area (Å²) in [6.07, 6.45) is 5.83. The fraction of sp³-hybridized carbons (Fsp3) is 0.520. The van der Waals surface area contributed by atoms with Gasteiger partial charge in [-0.25, -0.2) is 14.8 Å². The second-order valence-electron chi connectivity index (χ2n) is 10.3. The molecular weight excluding hydrogens is 430 g/mol. The minimum absolute atomic E-state index is 0.0787. The first kappa shape index (κ1) is 22.3. The van der Waals surface area contributed by atoms with E-state index in [1.165, 1.54) is 5.56 Å². The molecule has 0 aromatic carbocycles. The van der Waals surface area contributed by atoms with Crippen LogP contribution >= 0.6 is 0 Å². The zero-order valence-corrected chi connectivity index (χ0v) is 20.4. The molecule has 34 heavy (non-hydrogen) atoms. The van der Waals surface area contributed by atoms with Crippen molar-refractivity contribution in [2.45, 2.75) is 58.1 Å². The van der Waals surface area contributed by atoms with E-state index < -0.39 is 5.60 Å². The number of hydrogen-bond acceptors (Lipinski definition) is 6. The maximum absolute atomic E-state index is 12.6.